The monoisotopic (exact) mass is 261 g/mol. The van der Waals surface area contributed by atoms with Gasteiger partial charge in [0.05, 0.1) is 23.0 Å². The number of hydrogen-bond donors (Lipinski definition) is 2. The van der Waals surface area contributed by atoms with Crippen molar-refractivity contribution in [3.63, 3.8) is 0 Å². The van der Waals surface area contributed by atoms with Crippen molar-refractivity contribution < 1.29 is 9.53 Å². The largest absolute Gasteiger partial charge is 0.464 e. The van der Waals surface area contributed by atoms with Crippen molar-refractivity contribution in [1.29, 1.82) is 0 Å². The molecule has 0 aliphatic heterocycles. The molecule has 0 saturated heterocycles. The van der Waals surface area contributed by atoms with Gasteiger partial charge in [-0.2, -0.15) is 5.10 Å². The molecule has 0 aromatic carbocycles. The number of nitrogens with one attached hydrogen (secondary N) is 2. The minimum Gasteiger partial charge on any atom is -0.464 e. The molecule has 3 aromatic rings. The molecule has 0 saturated carbocycles. The molecule has 0 aliphatic carbocycles. The topological polar surface area (TPSA) is 70.8 Å². The number of hydrogen-bond acceptors (Lipinski definition) is 4. The van der Waals surface area contributed by atoms with E-state index in [4.69, 9.17) is 4.74 Å². The van der Waals surface area contributed by atoms with Gasteiger partial charge in [0.1, 0.15) is 5.69 Å². The fraction of sp³-hybridized carbons (Fsp3) is 0.167. The van der Waals surface area contributed by atoms with E-state index < -0.39 is 0 Å². The Bertz CT molecular complexity index is 709. The lowest BCUT2D eigenvalue weighted by Gasteiger charge is -1.97. The molecule has 6 heteroatoms. The van der Waals surface area contributed by atoms with Gasteiger partial charge in [-0.05, 0) is 19.1 Å². The van der Waals surface area contributed by atoms with E-state index >= 15 is 0 Å². The third-order valence-corrected chi connectivity index (χ3v) is 3.87. The Kier molecular flexibility index (Phi) is 2.45. The van der Waals surface area contributed by atoms with Crippen LogP contribution in [-0.2, 0) is 4.74 Å². The normalized spacial score (nSPS) is 11.0. The van der Waals surface area contributed by atoms with Gasteiger partial charge < -0.3 is 9.72 Å². The van der Waals surface area contributed by atoms with Crippen LogP contribution in [0.4, 0.5) is 0 Å². The van der Waals surface area contributed by atoms with Crippen LogP contribution in [0.1, 0.15) is 15.4 Å². The SMILES string of the molecule is COC(=O)c1cc2sc(C)c(-c3ccn[nH]3)c2[nH]1. The molecule has 0 unspecified atom stereocenters. The van der Waals surface area contributed by atoms with E-state index in [0.717, 1.165) is 21.5 Å². The molecule has 18 heavy (non-hydrogen) atoms. The Morgan fingerprint density at radius 2 is 2.33 bits per heavy atom. The first-order chi connectivity index (χ1) is 8.70. The van der Waals surface area contributed by atoms with Crippen LogP contribution in [0.2, 0.25) is 0 Å². The molecule has 5 nitrogen and oxygen atoms in total. The number of aryl methyl sites for hydroxylation is 1. The molecular weight excluding hydrogens is 250 g/mol. The van der Waals surface area contributed by atoms with Crippen LogP contribution in [0, 0.1) is 6.92 Å². The minimum atomic E-state index is -0.355. The number of aromatic amines is 2. The quantitative estimate of drug-likeness (QED) is 0.697. The van der Waals surface area contributed by atoms with Crippen molar-refractivity contribution >= 4 is 27.5 Å². The molecular formula is C12H11N3O2S. The van der Waals surface area contributed by atoms with E-state index in [1.165, 1.54) is 12.0 Å². The fourth-order valence-electron chi connectivity index (χ4n) is 2.03. The molecule has 0 fully saturated rings. The second-order valence-electron chi connectivity index (χ2n) is 3.92. The van der Waals surface area contributed by atoms with E-state index in [-0.39, 0.29) is 5.97 Å². The number of aromatic nitrogens is 3. The predicted octanol–water partition coefficient (Wildman–Crippen LogP) is 2.71. The van der Waals surface area contributed by atoms with Crippen molar-refractivity contribution in [3.05, 3.63) is 28.9 Å². The Hall–Kier alpha value is -2.08. The van der Waals surface area contributed by atoms with Gasteiger partial charge in [-0.15, -0.1) is 11.3 Å². The highest BCUT2D eigenvalue weighted by molar-refractivity contribution is 7.19. The van der Waals surface area contributed by atoms with Gasteiger partial charge in [0.15, 0.2) is 0 Å². The van der Waals surface area contributed by atoms with Crippen molar-refractivity contribution in [2.45, 2.75) is 6.92 Å². The number of methoxy groups -OCH3 is 1. The van der Waals surface area contributed by atoms with Crippen LogP contribution < -0.4 is 0 Å². The molecule has 2 N–H and O–H groups in total. The molecule has 92 valence electrons. The number of carbonyl (C=O) groups is 1. The van der Waals surface area contributed by atoms with Crippen LogP contribution in [0.15, 0.2) is 18.3 Å². The number of H-pyrrole nitrogens is 2. The van der Waals surface area contributed by atoms with E-state index in [9.17, 15) is 4.79 Å². The van der Waals surface area contributed by atoms with Crippen LogP contribution in [0.25, 0.3) is 21.5 Å². The maximum Gasteiger partial charge on any atom is 0.354 e. The number of carbonyl (C=O) groups excluding carboxylic acids is 1. The standard InChI is InChI=1S/C12H11N3O2S/c1-6-10(7-3-4-13-15-7)11-9(18-6)5-8(14-11)12(16)17-2/h3-5,14H,1-2H3,(H,13,15). The highest BCUT2D eigenvalue weighted by atomic mass is 32.1. The summed E-state index contributed by atoms with van der Waals surface area (Å²) in [6.07, 6.45) is 1.71. The van der Waals surface area contributed by atoms with Gasteiger partial charge in [-0.25, -0.2) is 4.79 Å². The number of fused-ring (bicyclic) bond motifs is 1. The zero-order chi connectivity index (χ0) is 12.7. The summed E-state index contributed by atoms with van der Waals surface area (Å²) in [7, 11) is 1.37. The Labute approximate surface area is 107 Å². The summed E-state index contributed by atoms with van der Waals surface area (Å²) in [6, 6.07) is 3.73. The third kappa shape index (κ3) is 1.53. The number of esters is 1. The maximum atomic E-state index is 11.5. The molecule has 3 aromatic heterocycles. The second-order valence-corrected chi connectivity index (χ2v) is 5.17. The zero-order valence-corrected chi connectivity index (χ0v) is 10.7. The van der Waals surface area contributed by atoms with Crippen molar-refractivity contribution in [1.82, 2.24) is 15.2 Å². The highest BCUT2D eigenvalue weighted by Crippen LogP contribution is 2.37. The summed E-state index contributed by atoms with van der Waals surface area (Å²) >= 11 is 1.64. The predicted molar refractivity (Wildman–Crippen MR) is 69.8 cm³/mol. The fourth-order valence-corrected chi connectivity index (χ4v) is 3.11. The number of nitrogens with zero attached hydrogens (tertiary/aromatic N) is 1. The number of thiophene rings is 1. The van der Waals surface area contributed by atoms with Gasteiger partial charge in [0, 0.05) is 16.6 Å². The minimum absolute atomic E-state index is 0.355. The van der Waals surface area contributed by atoms with E-state index in [0.29, 0.717) is 5.69 Å². The lowest BCUT2D eigenvalue weighted by molar-refractivity contribution is 0.0595. The van der Waals surface area contributed by atoms with Crippen LogP contribution in [0.3, 0.4) is 0 Å². The van der Waals surface area contributed by atoms with Crippen LogP contribution in [-0.4, -0.2) is 28.3 Å². The highest BCUT2D eigenvalue weighted by Gasteiger charge is 2.17. The Morgan fingerprint density at radius 1 is 1.50 bits per heavy atom. The molecule has 0 aliphatic rings. The number of rotatable bonds is 2. The molecule has 0 amide bonds. The van der Waals surface area contributed by atoms with Gasteiger partial charge in [-0.3, -0.25) is 5.10 Å². The average molecular weight is 261 g/mol. The maximum absolute atomic E-state index is 11.5. The lowest BCUT2D eigenvalue weighted by Crippen LogP contribution is -2.00. The lowest BCUT2D eigenvalue weighted by atomic mass is 10.2. The zero-order valence-electron chi connectivity index (χ0n) is 9.90. The van der Waals surface area contributed by atoms with Crippen LogP contribution >= 0.6 is 11.3 Å². The van der Waals surface area contributed by atoms with E-state index in [2.05, 4.69) is 15.2 Å². The molecule has 3 heterocycles. The number of ether oxygens (including phenoxy) is 1. The summed E-state index contributed by atoms with van der Waals surface area (Å²) < 4.78 is 5.75. The van der Waals surface area contributed by atoms with Gasteiger partial charge in [0.2, 0.25) is 0 Å². The van der Waals surface area contributed by atoms with Crippen molar-refractivity contribution in [3.8, 4) is 11.3 Å². The smallest absolute Gasteiger partial charge is 0.354 e. The summed E-state index contributed by atoms with van der Waals surface area (Å²) in [5.74, 6) is -0.355. The molecule has 0 spiro atoms. The molecule has 0 radical (unpaired) electrons. The Morgan fingerprint density at radius 3 is 3.00 bits per heavy atom. The van der Waals surface area contributed by atoms with Gasteiger partial charge in [-0.1, -0.05) is 0 Å². The third-order valence-electron chi connectivity index (χ3n) is 2.82. The first-order valence-electron chi connectivity index (χ1n) is 5.41. The molecule has 3 rings (SSSR count). The summed E-state index contributed by atoms with van der Waals surface area (Å²) in [5, 5.41) is 6.90. The van der Waals surface area contributed by atoms with Gasteiger partial charge in [0.25, 0.3) is 0 Å². The Balaban J connectivity index is 2.22. The van der Waals surface area contributed by atoms with Crippen molar-refractivity contribution in [2.24, 2.45) is 0 Å². The molecule has 0 atom stereocenters. The summed E-state index contributed by atoms with van der Waals surface area (Å²) in [4.78, 5) is 15.8. The second kappa shape index (κ2) is 3.99. The first-order valence-corrected chi connectivity index (χ1v) is 6.22. The molecule has 0 bridgehead atoms. The van der Waals surface area contributed by atoms with E-state index in [1.54, 1.807) is 17.5 Å². The van der Waals surface area contributed by atoms with Gasteiger partial charge >= 0.3 is 5.97 Å². The first kappa shape index (κ1) is 11.0. The summed E-state index contributed by atoms with van der Waals surface area (Å²) in [5.41, 5.74) is 3.42. The summed E-state index contributed by atoms with van der Waals surface area (Å²) in [6.45, 7) is 2.05. The van der Waals surface area contributed by atoms with E-state index in [1.807, 2.05) is 19.1 Å². The van der Waals surface area contributed by atoms with Crippen molar-refractivity contribution in [2.75, 3.05) is 7.11 Å². The van der Waals surface area contributed by atoms with Crippen LogP contribution in [0.5, 0.6) is 0 Å². The average Bonchev–Trinajstić information content (AvgIpc) is 3.02.